The van der Waals surface area contributed by atoms with Gasteiger partial charge in [0.1, 0.15) is 11.5 Å². The SMILES string of the molecule is COc1ccc(C2Oc3ccccc3C3CC(c4ccc(OC)c(OC)c4)=NN32)cc1. The highest BCUT2D eigenvalue weighted by molar-refractivity contribution is 6.02. The molecule has 5 rings (SSSR count). The molecule has 0 bridgehead atoms. The van der Waals surface area contributed by atoms with Crippen LogP contribution >= 0.6 is 0 Å². The molecule has 0 radical (unpaired) electrons. The fraction of sp³-hybridized carbons (Fsp3) is 0.240. The smallest absolute Gasteiger partial charge is 0.213 e. The van der Waals surface area contributed by atoms with Gasteiger partial charge in [-0.25, -0.2) is 5.01 Å². The highest BCUT2D eigenvalue weighted by Gasteiger charge is 2.40. The van der Waals surface area contributed by atoms with Gasteiger partial charge in [0.25, 0.3) is 0 Å². The third kappa shape index (κ3) is 3.34. The van der Waals surface area contributed by atoms with Crippen LogP contribution in [0.1, 0.15) is 35.4 Å². The normalized spacial score (nSPS) is 19.1. The maximum absolute atomic E-state index is 6.40. The lowest BCUT2D eigenvalue weighted by atomic mass is 9.96. The van der Waals surface area contributed by atoms with Crippen molar-refractivity contribution >= 4 is 5.71 Å². The maximum atomic E-state index is 6.40. The molecule has 2 unspecified atom stereocenters. The Kier molecular flexibility index (Phi) is 4.90. The van der Waals surface area contributed by atoms with E-state index in [0.717, 1.165) is 40.3 Å². The van der Waals surface area contributed by atoms with Crippen molar-refractivity contribution in [1.82, 2.24) is 5.01 Å². The molecule has 0 saturated heterocycles. The number of benzene rings is 3. The van der Waals surface area contributed by atoms with Gasteiger partial charge < -0.3 is 18.9 Å². The zero-order chi connectivity index (χ0) is 21.4. The highest BCUT2D eigenvalue weighted by Crippen LogP contribution is 2.47. The first-order chi connectivity index (χ1) is 15.2. The Morgan fingerprint density at radius 2 is 1.65 bits per heavy atom. The van der Waals surface area contributed by atoms with E-state index < -0.39 is 0 Å². The zero-order valence-corrected chi connectivity index (χ0v) is 17.7. The Labute approximate surface area is 181 Å². The molecule has 0 aliphatic carbocycles. The van der Waals surface area contributed by atoms with Crippen molar-refractivity contribution in [2.45, 2.75) is 18.7 Å². The minimum Gasteiger partial charge on any atom is -0.497 e. The average Bonchev–Trinajstić information content (AvgIpc) is 3.29. The lowest BCUT2D eigenvalue weighted by Gasteiger charge is -2.38. The predicted octanol–water partition coefficient (Wildman–Crippen LogP) is 4.95. The lowest BCUT2D eigenvalue weighted by molar-refractivity contribution is -0.0190. The van der Waals surface area contributed by atoms with E-state index in [4.69, 9.17) is 24.0 Å². The first kappa shape index (κ1) is 19.3. The third-order valence-electron chi connectivity index (χ3n) is 5.82. The van der Waals surface area contributed by atoms with E-state index in [1.165, 1.54) is 0 Å². The molecular weight excluding hydrogens is 392 g/mol. The molecule has 2 heterocycles. The molecule has 6 nitrogen and oxygen atoms in total. The molecular formula is C25H24N2O4. The molecule has 0 saturated carbocycles. The summed E-state index contributed by atoms with van der Waals surface area (Å²) in [5, 5.41) is 7.07. The van der Waals surface area contributed by atoms with E-state index in [-0.39, 0.29) is 12.3 Å². The van der Waals surface area contributed by atoms with E-state index in [2.05, 4.69) is 11.1 Å². The summed E-state index contributed by atoms with van der Waals surface area (Å²) in [6.07, 6.45) is 0.464. The van der Waals surface area contributed by atoms with Crippen LogP contribution in [0.5, 0.6) is 23.0 Å². The van der Waals surface area contributed by atoms with E-state index in [1.54, 1.807) is 21.3 Å². The molecule has 0 fully saturated rings. The number of nitrogens with zero attached hydrogens (tertiary/aromatic N) is 2. The standard InChI is InChI=1S/C25H24N2O4/c1-28-18-11-8-16(9-12-18)25-27-21(19-6-4-5-7-22(19)31-25)15-20(26-27)17-10-13-23(29-2)24(14-17)30-3/h4-14,21,25H,15H2,1-3H3. The second-order valence-corrected chi connectivity index (χ2v) is 7.50. The average molecular weight is 416 g/mol. The molecule has 31 heavy (non-hydrogen) atoms. The molecule has 2 atom stereocenters. The van der Waals surface area contributed by atoms with Crippen LogP contribution in [0.2, 0.25) is 0 Å². The van der Waals surface area contributed by atoms with Crippen LogP contribution in [0.4, 0.5) is 0 Å². The van der Waals surface area contributed by atoms with Crippen molar-refractivity contribution in [3.05, 3.63) is 83.4 Å². The largest absolute Gasteiger partial charge is 0.497 e. The summed E-state index contributed by atoms with van der Waals surface area (Å²) in [4.78, 5) is 0. The second kappa shape index (κ2) is 7.87. The topological polar surface area (TPSA) is 52.5 Å². The molecule has 2 aliphatic rings. The molecule has 0 spiro atoms. The van der Waals surface area contributed by atoms with Gasteiger partial charge in [-0.3, -0.25) is 0 Å². The number of hydrogen-bond acceptors (Lipinski definition) is 6. The summed E-state index contributed by atoms with van der Waals surface area (Å²) in [5.74, 6) is 3.10. The van der Waals surface area contributed by atoms with Gasteiger partial charge in [0.2, 0.25) is 6.23 Å². The van der Waals surface area contributed by atoms with Crippen molar-refractivity contribution in [1.29, 1.82) is 0 Å². The Balaban J connectivity index is 1.55. The van der Waals surface area contributed by atoms with Gasteiger partial charge in [-0.1, -0.05) is 18.2 Å². The summed E-state index contributed by atoms with van der Waals surface area (Å²) >= 11 is 0. The molecule has 158 valence electrons. The summed E-state index contributed by atoms with van der Waals surface area (Å²) in [6.45, 7) is 0. The van der Waals surface area contributed by atoms with Crippen molar-refractivity contribution in [2.75, 3.05) is 21.3 Å². The van der Waals surface area contributed by atoms with E-state index in [0.29, 0.717) is 11.5 Å². The number of para-hydroxylation sites is 1. The maximum Gasteiger partial charge on any atom is 0.213 e. The summed E-state index contributed by atoms with van der Waals surface area (Å²) < 4.78 is 22.6. The zero-order valence-electron chi connectivity index (χ0n) is 17.7. The second-order valence-electron chi connectivity index (χ2n) is 7.50. The fourth-order valence-electron chi connectivity index (χ4n) is 4.21. The van der Waals surface area contributed by atoms with Gasteiger partial charge >= 0.3 is 0 Å². The number of ether oxygens (including phenoxy) is 4. The molecule has 3 aromatic rings. The van der Waals surface area contributed by atoms with Gasteiger partial charge in [0.05, 0.1) is 33.1 Å². The van der Waals surface area contributed by atoms with E-state index in [1.807, 2.05) is 60.7 Å². The van der Waals surface area contributed by atoms with Crippen LogP contribution in [0.15, 0.2) is 71.8 Å². The molecule has 0 amide bonds. The van der Waals surface area contributed by atoms with Gasteiger partial charge in [0, 0.05) is 23.1 Å². The van der Waals surface area contributed by atoms with Gasteiger partial charge in [-0.15, -0.1) is 0 Å². The molecule has 2 aliphatic heterocycles. The van der Waals surface area contributed by atoms with Crippen LogP contribution in [0.25, 0.3) is 0 Å². The monoisotopic (exact) mass is 416 g/mol. The minimum atomic E-state index is -0.316. The Morgan fingerprint density at radius 3 is 2.39 bits per heavy atom. The van der Waals surface area contributed by atoms with Crippen LogP contribution < -0.4 is 18.9 Å². The van der Waals surface area contributed by atoms with Crippen LogP contribution in [-0.2, 0) is 0 Å². The lowest BCUT2D eigenvalue weighted by Crippen LogP contribution is -2.33. The fourth-order valence-corrected chi connectivity index (χ4v) is 4.21. The molecule has 6 heteroatoms. The molecule has 3 aromatic carbocycles. The number of hydrogen-bond donors (Lipinski definition) is 0. The van der Waals surface area contributed by atoms with Crippen LogP contribution in [-0.4, -0.2) is 32.0 Å². The summed E-state index contributed by atoms with van der Waals surface area (Å²) in [6, 6.07) is 22.1. The number of fused-ring (bicyclic) bond motifs is 3. The number of rotatable bonds is 5. The van der Waals surface area contributed by atoms with Crippen LogP contribution in [0, 0.1) is 0 Å². The first-order valence-electron chi connectivity index (χ1n) is 10.2. The quantitative estimate of drug-likeness (QED) is 0.589. The highest BCUT2D eigenvalue weighted by atomic mass is 16.5. The first-order valence-corrected chi connectivity index (χ1v) is 10.2. The predicted molar refractivity (Wildman–Crippen MR) is 118 cm³/mol. The third-order valence-corrected chi connectivity index (χ3v) is 5.82. The number of hydrazone groups is 1. The van der Waals surface area contributed by atoms with Gasteiger partial charge in [-0.2, -0.15) is 5.10 Å². The summed E-state index contributed by atoms with van der Waals surface area (Å²) in [7, 11) is 4.95. The van der Waals surface area contributed by atoms with Crippen LogP contribution in [0.3, 0.4) is 0 Å². The van der Waals surface area contributed by atoms with Gasteiger partial charge in [0.15, 0.2) is 11.5 Å². The Bertz CT molecular complexity index is 1130. The minimum absolute atomic E-state index is 0.0974. The van der Waals surface area contributed by atoms with Crippen molar-refractivity contribution < 1.29 is 18.9 Å². The van der Waals surface area contributed by atoms with Gasteiger partial charge in [-0.05, 0) is 48.5 Å². The van der Waals surface area contributed by atoms with E-state index in [9.17, 15) is 0 Å². The Morgan fingerprint density at radius 1 is 0.871 bits per heavy atom. The Hall–Kier alpha value is -3.67. The number of methoxy groups -OCH3 is 3. The summed E-state index contributed by atoms with van der Waals surface area (Å²) in [5.41, 5.74) is 4.17. The molecule has 0 N–H and O–H groups in total. The van der Waals surface area contributed by atoms with E-state index >= 15 is 0 Å². The van der Waals surface area contributed by atoms with Crippen molar-refractivity contribution in [3.8, 4) is 23.0 Å². The molecule has 0 aromatic heterocycles. The van der Waals surface area contributed by atoms with Crippen molar-refractivity contribution in [3.63, 3.8) is 0 Å². The van der Waals surface area contributed by atoms with Crippen molar-refractivity contribution in [2.24, 2.45) is 5.10 Å².